The molecule has 0 fully saturated rings. The summed E-state index contributed by atoms with van der Waals surface area (Å²) in [6.07, 6.45) is -0.574. The Kier molecular flexibility index (Phi) is 2.78. The van der Waals surface area contributed by atoms with E-state index in [1.54, 1.807) is 0 Å². The second-order valence-electron chi connectivity index (χ2n) is 5.84. The van der Waals surface area contributed by atoms with Crippen LogP contribution in [0.3, 0.4) is 0 Å². The summed E-state index contributed by atoms with van der Waals surface area (Å²) in [7, 11) is 0. The lowest BCUT2D eigenvalue weighted by molar-refractivity contribution is 0.0448. The van der Waals surface area contributed by atoms with Gasteiger partial charge >= 0.3 is 0 Å². The van der Waals surface area contributed by atoms with Gasteiger partial charge in [0.05, 0.1) is 0 Å². The minimum atomic E-state index is -0.574. The van der Waals surface area contributed by atoms with Crippen molar-refractivity contribution in [1.29, 1.82) is 0 Å². The number of aliphatic hydroxyl groups is 1. The molecule has 1 aromatic carbocycles. The van der Waals surface area contributed by atoms with Crippen LogP contribution in [-0.2, 0) is 0 Å². The number of hydrogen-bond acceptors (Lipinski definition) is 2. The summed E-state index contributed by atoms with van der Waals surface area (Å²) in [5.74, 6) is 0.654. The normalized spacial score (nSPS) is 14.2. The minimum absolute atomic E-state index is 0.211. The van der Waals surface area contributed by atoms with E-state index in [-0.39, 0.29) is 5.41 Å². The van der Waals surface area contributed by atoms with Gasteiger partial charge in [0.15, 0.2) is 0 Å². The third-order valence-corrected chi connectivity index (χ3v) is 3.31. The molecule has 0 spiro atoms. The van der Waals surface area contributed by atoms with Gasteiger partial charge in [-0.15, -0.1) is 0 Å². The third kappa shape index (κ3) is 2.09. The first-order chi connectivity index (χ1) is 7.80. The average molecular weight is 232 g/mol. The van der Waals surface area contributed by atoms with E-state index >= 15 is 0 Å². The van der Waals surface area contributed by atoms with Crippen LogP contribution in [-0.4, -0.2) is 5.11 Å². The molecule has 0 aliphatic carbocycles. The van der Waals surface area contributed by atoms with Crippen LogP contribution in [0.4, 0.5) is 0 Å². The molecular weight excluding hydrogens is 212 g/mol. The largest absolute Gasteiger partial charge is 0.458 e. The first-order valence-electron chi connectivity index (χ1n) is 5.98. The highest BCUT2D eigenvalue weighted by atomic mass is 16.4. The van der Waals surface area contributed by atoms with Crippen LogP contribution >= 0.6 is 0 Å². The second-order valence-corrected chi connectivity index (χ2v) is 5.84. The molecule has 17 heavy (non-hydrogen) atoms. The maximum Gasteiger partial charge on any atom is 0.137 e. The molecule has 2 rings (SSSR count). The van der Waals surface area contributed by atoms with Crippen molar-refractivity contribution in [3.8, 4) is 0 Å². The molecule has 0 bridgehead atoms. The monoisotopic (exact) mass is 232 g/mol. The smallest absolute Gasteiger partial charge is 0.137 e. The van der Waals surface area contributed by atoms with Crippen molar-refractivity contribution < 1.29 is 9.52 Å². The Morgan fingerprint density at radius 3 is 2.41 bits per heavy atom. The zero-order valence-corrected chi connectivity index (χ0v) is 11.2. The number of fused-ring (bicyclic) bond motifs is 1. The van der Waals surface area contributed by atoms with Crippen LogP contribution in [0.2, 0.25) is 0 Å². The van der Waals surface area contributed by atoms with Gasteiger partial charge in [0.25, 0.3) is 0 Å². The zero-order chi connectivity index (χ0) is 12.8. The molecule has 2 heteroatoms. The molecule has 0 saturated carbocycles. The van der Waals surface area contributed by atoms with Crippen molar-refractivity contribution in [2.75, 3.05) is 0 Å². The van der Waals surface area contributed by atoms with Crippen molar-refractivity contribution in [1.82, 2.24) is 0 Å². The maximum absolute atomic E-state index is 10.2. The first-order valence-corrected chi connectivity index (χ1v) is 5.98. The molecule has 0 aliphatic heterocycles. The van der Waals surface area contributed by atoms with Gasteiger partial charge in [-0.05, 0) is 36.5 Å². The molecule has 1 atom stereocenters. The Hall–Kier alpha value is -1.28. The lowest BCUT2D eigenvalue weighted by Gasteiger charge is -2.23. The standard InChI is InChI=1S/C15H20O2/c1-9-6-7-11-8-12(14(16)15(3,4)5)17-13(11)10(9)2/h6-8,14,16H,1-5H3. The highest BCUT2D eigenvalue weighted by Crippen LogP contribution is 2.36. The summed E-state index contributed by atoms with van der Waals surface area (Å²) in [5, 5.41) is 11.3. The fraction of sp³-hybridized carbons (Fsp3) is 0.467. The van der Waals surface area contributed by atoms with Gasteiger partial charge in [-0.3, -0.25) is 0 Å². The van der Waals surface area contributed by atoms with Crippen LogP contribution in [0.25, 0.3) is 11.0 Å². The van der Waals surface area contributed by atoms with Crippen molar-refractivity contribution >= 4 is 11.0 Å². The molecule has 92 valence electrons. The molecule has 2 aromatic rings. The lowest BCUT2D eigenvalue weighted by atomic mass is 9.88. The highest BCUT2D eigenvalue weighted by molar-refractivity contribution is 5.82. The average Bonchev–Trinajstić information content (AvgIpc) is 2.65. The van der Waals surface area contributed by atoms with E-state index in [9.17, 15) is 5.11 Å². The summed E-state index contributed by atoms with van der Waals surface area (Å²) in [5.41, 5.74) is 3.04. The van der Waals surface area contributed by atoms with E-state index in [2.05, 4.69) is 19.9 Å². The van der Waals surface area contributed by atoms with Crippen LogP contribution in [0.1, 0.15) is 43.8 Å². The van der Waals surface area contributed by atoms with Gasteiger partial charge in [0, 0.05) is 5.39 Å². The Morgan fingerprint density at radius 1 is 1.18 bits per heavy atom. The maximum atomic E-state index is 10.2. The molecule has 2 nitrogen and oxygen atoms in total. The first kappa shape index (κ1) is 12.2. The van der Waals surface area contributed by atoms with Crippen molar-refractivity contribution in [3.63, 3.8) is 0 Å². The van der Waals surface area contributed by atoms with Crippen LogP contribution in [0, 0.1) is 19.3 Å². The number of furan rings is 1. The SMILES string of the molecule is Cc1ccc2cc(C(O)C(C)(C)C)oc2c1C. The summed E-state index contributed by atoms with van der Waals surface area (Å²) in [6.45, 7) is 10.1. The third-order valence-electron chi connectivity index (χ3n) is 3.31. The molecule has 0 aliphatic rings. The van der Waals surface area contributed by atoms with Crippen molar-refractivity contribution in [2.24, 2.45) is 5.41 Å². The van der Waals surface area contributed by atoms with E-state index in [0.29, 0.717) is 5.76 Å². The van der Waals surface area contributed by atoms with Gasteiger partial charge < -0.3 is 9.52 Å². The summed E-state index contributed by atoms with van der Waals surface area (Å²) in [4.78, 5) is 0. The summed E-state index contributed by atoms with van der Waals surface area (Å²) in [6, 6.07) is 6.07. The number of hydrogen-bond donors (Lipinski definition) is 1. The van der Waals surface area contributed by atoms with E-state index in [0.717, 1.165) is 16.5 Å². The summed E-state index contributed by atoms with van der Waals surface area (Å²) < 4.78 is 5.82. The molecule has 1 unspecified atom stereocenters. The van der Waals surface area contributed by atoms with Crippen LogP contribution in [0.15, 0.2) is 22.6 Å². The lowest BCUT2D eigenvalue weighted by Crippen LogP contribution is -2.16. The molecule has 0 saturated heterocycles. The van der Waals surface area contributed by atoms with Crippen molar-refractivity contribution in [2.45, 2.75) is 40.7 Å². The van der Waals surface area contributed by atoms with Gasteiger partial charge in [0.2, 0.25) is 0 Å². The zero-order valence-electron chi connectivity index (χ0n) is 11.2. The van der Waals surface area contributed by atoms with Crippen LogP contribution in [0.5, 0.6) is 0 Å². The number of aliphatic hydroxyl groups excluding tert-OH is 1. The van der Waals surface area contributed by atoms with E-state index in [1.165, 1.54) is 5.56 Å². The van der Waals surface area contributed by atoms with Crippen molar-refractivity contribution in [3.05, 3.63) is 35.1 Å². The highest BCUT2D eigenvalue weighted by Gasteiger charge is 2.27. The number of aryl methyl sites for hydroxylation is 2. The summed E-state index contributed by atoms with van der Waals surface area (Å²) >= 11 is 0. The second kappa shape index (κ2) is 3.88. The van der Waals surface area contributed by atoms with Crippen LogP contribution < -0.4 is 0 Å². The fourth-order valence-corrected chi connectivity index (χ4v) is 1.92. The molecular formula is C15H20O2. The molecule has 0 amide bonds. The molecule has 1 heterocycles. The Balaban J connectivity index is 2.56. The van der Waals surface area contributed by atoms with Gasteiger partial charge in [-0.2, -0.15) is 0 Å². The minimum Gasteiger partial charge on any atom is -0.458 e. The quantitative estimate of drug-likeness (QED) is 0.802. The Bertz CT molecular complexity index is 544. The predicted octanol–water partition coefficient (Wildman–Crippen LogP) is 4.13. The van der Waals surface area contributed by atoms with E-state index < -0.39 is 6.10 Å². The topological polar surface area (TPSA) is 33.4 Å². The van der Waals surface area contributed by atoms with Gasteiger partial charge in [0.1, 0.15) is 17.4 Å². The van der Waals surface area contributed by atoms with Gasteiger partial charge in [-0.25, -0.2) is 0 Å². The molecule has 1 N–H and O–H groups in total. The fourth-order valence-electron chi connectivity index (χ4n) is 1.92. The predicted molar refractivity (Wildman–Crippen MR) is 70.1 cm³/mol. The van der Waals surface area contributed by atoms with E-state index in [4.69, 9.17) is 4.42 Å². The number of rotatable bonds is 1. The molecule has 1 aromatic heterocycles. The number of benzene rings is 1. The Morgan fingerprint density at radius 2 is 1.82 bits per heavy atom. The van der Waals surface area contributed by atoms with E-state index in [1.807, 2.05) is 32.9 Å². The Labute approximate surface area is 102 Å². The molecule has 0 radical (unpaired) electrons. The van der Waals surface area contributed by atoms with Gasteiger partial charge in [-0.1, -0.05) is 32.9 Å².